The SMILES string of the molecule is COc1ccc(C(O)(C(N)=O)c2ccc(OC)cc2)cc1. The van der Waals surface area contributed by atoms with E-state index in [1.165, 1.54) is 0 Å². The van der Waals surface area contributed by atoms with E-state index in [1.807, 2.05) is 0 Å². The Kier molecular flexibility index (Phi) is 4.14. The molecule has 0 aliphatic carbocycles. The summed E-state index contributed by atoms with van der Waals surface area (Å²) in [4.78, 5) is 11.8. The highest BCUT2D eigenvalue weighted by Crippen LogP contribution is 2.31. The number of methoxy groups -OCH3 is 2. The molecule has 5 heteroatoms. The molecule has 1 amide bonds. The van der Waals surface area contributed by atoms with Gasteiger partial charge < -0.3 is 20.3 Å². The van der Waals surface area contributed by atoms with E-state index >= 15 is 0 Å². The van der Waals surface area contributed by atoms with Crippen LogP contribution >= 0.6 is 0 Å². The van der Waals surface area contributed by atoms with Crippen LogP contribution in [0.4, 0.5) is 0 Å². The molecule has 0 aromatic heterocycles. The molecule has 0 fully saturated rings. The molecule has 2 aromatic carbocycles. The summed E-state index contributed by atoms with van der Waals surface area (Å²) in [7, 11) is 3.08. The van der Waals surface area contributed by atoms with Gasteiger partial charge in [0.15, 0.2) is 5.60 Å². The Morgan fingerprint density at radius 1 is 0.905 bits per heavy atom. The molecule has 0 aliphatic rings. The zero-order valence-electron chi connectivity index (χ0n) is 11.9. The molecule has 2 aromatic rings. The van der Waals surface area contributed by atoms with E-state index in [0.717, 1.165) is 0 Å². The maximum Gasteiger partial charge on any atom is 0.258 e. The van der Waals surface area contributed by atoms with Gasteiger partial charge in [0, 0.05) is 0 Å². The van der Waals surface area contributed by atoms with Gasteiger partial charge in [0.25, 0.3) is 5.91 Å². The zero-order chi connectivity index (χ0) is 15.5. The average molecular weight is 287 g/mol. The van der Waals surface area contributed by atoms with Crippen molar-refractivity contribution in [1.82, 2.24) is 0 Å². The molecule has 2 rings (SSSR count). The Morgan fingerprint density at radius 2 is 1.24 bits per heavy atom. The summed E-state index contributed by atoms with van der Waals surface area (Å²) in [6.07, 6.45) is 0. The minimum Gasteiger partial charge on any atom is -0.497 e. The predicted octanol–water partition coefficient (Wildman–Crippen LogP) is 1.43. The van der Waals surface area contributed by atoms with E-state index in [0.29, 0.717) is 22.6 Å². The van der Waals surface area contributed by atoms with E-state index in [9.17, 15) is 9.90 Å². The van der Waals surface area contributed by atoms with Crippen molar-refractivity contribution in [2.24, 2.45) is 5.73 Å². The number of hydrogen-bond acceptors (Lipinski definition) is 4. The summed E-state index contributed by atoms with van der Waals surface area (Å²) < 4.78 is 10.1. The first-order valence-corrected chi connectivity index (χ1v) is 6.33. The van der Waals surface area contributed by atoms with Crippen LogP contribution in [0.15, 0.2) is 48.5 Å². The van der Waals surface area contributed by atoms with E-state index in [2.05, 4.69) is 0 Å². The van der Waals surface area contributed by atoms with Crippen molar-refractivity contribution >= 4 is 5.91 Å². The zero-order valence-corrected chi connectivity index (χ0v) is 11.9. The Bertz CT molecular complexity index is 572. The first kappa shape index (κ1) is 14.9. The number of benzene rings is 2. The molecule has 0 aliphatic heterocycles. The molecule has 0 saturated carbocycles. The molecular formula is C16H17NO4. The Balaban J connectivity index is 2.50. The fourth-order valence-corrected chi connectivity index (χ4v) is 2.12. The van der Waals surface area contributed by atoms with Crippen molar-refractivity contribution in [2.45, 2.75) is 5.60 Å². The van der Waals surface area contributed by atoms with Crippen LogP contribution in [0.3, 0.4) is 0 Å². The molecular weight excluding hydrogens is 270 g/mol. The van der Waals surface area contributed by atoms with Crippen molar-refractivity contribution in [3.05, 3.63) is 59.7 Å². The van der Waals surface area contributed by atoms with Gasteiger partial charge in [0.1, 0.15) is 11.5 Å². The second kappa shape index (κ2) is 5.85. The molecule has 0 atom stereocenters. The lowest BCUT2D eigenvalue weighted by molar-refractivity contribution is -0.133. The van der Waals surface area contributed by atoms with Crippen LogP contribution in [0.25, 0.3) is 0 Å². The van der Waals surface area contributed by atoms with Crippen LogP contribution in [0, 0.1) is 0 Å². The second-order valence-electron chi connectivity index (χ2n) is 4.53. The lowest BCUT2D eigenvalue weighted by Crippen LogP contribution is -2.42. The number of hydrogen-bond donors (Lipinski definition) is 2. The van der Waals surface area contributed by atoms with Gasteiger partial charge in [0.05, 0.1) is 14.2 Å². The summed E-state index contributed by atoms with van der Waals surface area (Å²) in [5.41, 5.74) is 4.27. The fraction of sp³-hybridized carbons (Fsp3) is 0.188. The number of ether oxygens (including phenoxy) is 2. The third kappa shape index (κ3) is 2.68. The molecule has 5 nitrogen and oxygen atoms in total. The lowest BCUT2D eigenvalue weighted by atomic mass is 9.85. The quantitative estimate of drug-likeness (QED) is 0.871. The van der Waals surface area contributed by atoms with Crippen LogP contribution in [0.1, 0.15) is 11.1 Å². The monoisotopic (exact) mass is 287 g/mol. The Morgan fingerprint density at radius 3 is 1.48 bits per heavy atom. The number of carbonyl (C=O) groups is 1. The third-order valence-electron chi connectivity index (χ3n) is 3.37. The topological polar surface area (TPSA) is 81.8 Å². The van der Waals surface area contributed by atoms with Gasteiger partial charge in [-0.15, -0.1) is 0 Å². The predicted molar refractivity (Wildman–Crippen MR) is 78.2 cm³/mol. The smallest absolute Gasteiger partial charge is 0.258 e. The van der Waals surface area contributed by atoms with Crippen LogP contribution in [0.2, 0.25) is 0 Å². The maximum absolute atomic E-state index is 11.8. The highest BCUT2D eigenvalue weighted by Gasteiger charge is 2.38. The molecule has 0 bridgehead atoms. The molecule has 0 spiro atoms. The van der Waals surface area contributed by atoms with Gasteiger partial charge in [-0.25, -0.2) is 0 Å². The first-order valence-electron chi connectivity index (χ1n) is 6.33. The van der Waals surface area contributed by atoms with Gasteiger partial charge >= 0.3 is 0 Å². The van der Waals surface area contributed by atoms with E-state index in [-0.39, 0.29) is 0 Å². The third-order valence-corrected chi connectivity index (χ3v) is 3.37. The normalized spacial score (nSPS) is 11.0. The largest absolute Gasteiger partial charge is 0.497 e. The molecule has 0 unspecified atom stereocenters. The second-order valence-corrected chi connectivity index (χ2v) is 4.53. The summed E-state index contributed by atoms with van der Waals surface area (Å²) in [5.74, 6) is 0.401. The Labute approximate surface area is 122 Å². The molecule has 0 saturated heterocycles. The standard InChI is InChI=1S/C16H17NO4/c1-20-13-7-3-11(4-8-13)16(19,15(17)18)12-5-9-14(21-2)10-6-12/h3-10,19H,1-2H3,(H2,17,18). The van der Waals surface area contributed by atoms with Crippen molar-refractivity contribution in [1.29, 1.82) is 0 Å². The van der Waals surface area contributed by atoms with Crippen LogP contribution in [0.5, 0.6) is 11.5 Å². The first-order chi connectivity index (χ1) is 10.0. The Hall–Kier alpha value is -2.53. The summed E-state index contributed by atoms with van der Waals surface area (Å²) in [6.45, 7) is 0. The summed E-state index contributed by atoms with van der Waals surface area (Å²) in [6, 6.07) is 13.1. The van der Waals surface area contributed by atoms with E-state index in [1.54, 1.807) is 62.8 Å². The minimum atomic E-state index is -1.90. The number of amides is 1. The molecule has 21 heavy (non-hydrogen) atoms. The number of nitrogens with two attached hydrogens (primary N) is 1. The summed E-state index contributed by atoms with van der Waals surface area (Å²) >= 11 is 0. The average Bonchev–Trinajstić information content (AvgIpc) is 2.54. The molecule has 0 heterocycles. The van der Waals surface area contributed by atoms with Crippen LogP contribution in [-0.4, -0.2) is 25.2 Å². The fourth-order valence-electron chi connectivity index (χ4n) is 2.12. The molecule has 0 radical (unpaired) electrons. The highest BCUT2D eigenvalue weighted by atomic mass is 16.5. The van der Waals surface area contributed by atoms with Crippen molar-refractivity contribution in [2.75, 3.05) is 14.2 Å². The van der Waals surface area contributed by atoms with Crippen molar-refractivity contribution in [3.8, 4) is 11.5 Å². The number of rotatable bonds is 5. The molecule has 110 valence electrons. The maximum atomic E-state index is 11.8. The van der Waals surface area contributed by atoms with Gasteiger partial charge in [-0.3, -0.25) is 4.79 Å². The molecule has 3 N–H and O–H groups in total. The van der Waals surface area contributed by atoms with Crippen molar-refractivity contribution < 1.29 is 19.4 Å². The minimum absolute atomic E-state index is 0.376. The van der Waals surface area contributed by atoms with E-state index < -0.39 is 11.5 Å². The lowest BCUT2D eigenvalue weighted by Gasteiger charge is -2.26. The van der Waals surface area contributed by atoms with Crippen LogP contribution in [-0.2, 0) is 10.4 Å². The summed E-state index contributed by atoms with van der Waals surface area (Å²) in [5, 5.41) is 10.8. The van der Waals surface area contributed by atoms with Gasteiger partial charge in [-0.05, 0) is 35.4 Å². The number of aliphatic hydroxyl groups is 1. The van der Waals surface area contributed by atoms with E-state index in [4.69, 9.17) is 15.2 Å². The van der Waals surface area contributed by atoms with Gasteiger partial charge in [0.2, 0.25) is 0 Å². The van der Waals surface area contributed by atoms with Gasteiger partial charge in [-0.2, -0.15) is 0 Å². The van der Waals surface area contributed by atoms with Gasteiger partial charge in [-0.1, -0.05) is 24.3 Å². The number of carbonyl (C=O) groups excluding carboxylic acids is 1. The number of primary amides is 1. The highest BCUT2D eigenvalue weighted by molar-refractivity contribution is 5.88. The van der Waals surface area contributed by atoms with Crippen molar-refractivity contribution in [3.63, 3.8) is 0 Å². The van der Waals surface area contributed by atoms with Crippen LogP contribution < -0.4 is 15.2 Å².